The van der Waals surface area contributed by atoms with Crippen molar-refractivity contribution in [3.63, 3.8) is 0 Å². The van der Waals surface area contributed by atoms with E-state index in [1.54, 1.807) is 0 Å². The summed E-state index contributed by atoms with van der Waals surface area (Å²) < 4.78 is 2.25. The van der Waals surface area contributed by atoms with Crippen LogP contribution in [0.3, 0.4) is 0 Å². The van der Waals surface area contributed by atoms with Crippen molar-refractivity contribution in [2.24, 2.45) is 0 Å². The average molecular weight is 524 g/mol. The molecule has 0 fully saturated rings. The third-order valence-electron chi connectivity index (χ3n) is 5.59. The molecule has 0 radical (unpaired) electrons. The molecule has 4 aromatic carbocycles. The standard InChI is InChI=1S/C26H20Br2S/c1-17-3-9-21(10-4-17)29(22-11-5-18(2)6-12-22)25-15-19(27)7-13-23(25)24-14-8-20(28)16-26(24)29/h3-16H,1-2H3. The normalized spacial score (nSPS) is 14.9. The first-order valence-corrected chi connectivity index (χ1v) is 12.8. The van der Waals surface area contributed by atoms with E-state index in [4.69, 9.17) is 0 Å². The summed E-state index contributed by atoms with van der Waals surface area (Å²) in [6.07, 6.45) is 0. The van der Waals surface area contributed by atoms with Crippen molar-refractivity contribution in [1.29, 1.82) is 0 Å². The van der Waals surface area contributed by atoms with Gasteiger partial charge < -0.3 is 0 Å². The fourth-order valence-electron chi connectivity index (χ4n) is 4.19. The van der Waals surface area contributed by atoms with Crippen LogP contribution in [0.4, 0.5) is 0 Å². The van der Waals surface area contributed by atoms with Crippen molar-refractivity contribution >= 4 is 41.9 Å². The van der Waals surface area contributed by atoms with Crippen molar-refractivity contribution in [3.8, 4) is 11.1 Å². The van der Waals surface area contributed by atoms with E-state index in [1.165, 1.54) is 41.8 Å². The first-order chi connectivity index (χ1) is 14.0. The Morgan fingerprint density at radius 1 is 0.517 bits per heavy atom. The molecule has 0 bridgehead atoms. The van der Waals surface area contributed by atoms with Crippen LogP contribution in [0.5, 0.6) is 0 Å². The molecule has 0 unspecified atom stereocenters. The molecule has 5 rings (SSSR count). The van der Waals surface area contributed by atoms with Gasteiger partial charge in [0.15, 0.2) is 0 Å². The van der Waals surface area contributed by atoms with Gasteiger partial charge >= 0.3 is 0 Å². The van der Waals surface area contributed by atoms with E-state index in [2.05, 4.69) is 131 Å². The van der Waals surface area contributed by atoms with Gasteiger partial charge in [0.05, 0.1) is 0 Å². The zero-order valence-electron chi connectivity index (χ0n) is 16.2. The van der Waals surface area contributed by atoms with Crippen molar-refractivity contribution in [2.75, 3.05) is 0 Å². The monoisotopic (exact) mass is 522 g/mol. The zero-order chi connectivity index (χ0) is 20.2. The minimum Gasteiger partial charge on any atom is -0.132 e. The van der Waals surface area contributed by atoms with E-state index in [0.29, 0.717) is 0 Å². The molecule has 1 aliphatic heterocycles. The third kappa shape index (κ3) is 2.94. The van der Waals surface area contributed by atoms with Crippen LogP contribution in [-0.4, -0.2) is 0 Å². The zero-order valence-corrected chi connectivity index (χ0v) is 20.2. The van der Waals surface area contributed by atoms with Gasteiger partial charge in [0.1, 0.15) is 0 Å². The molecule has 0 saturated heterocycles. The second kappa shape index (κ2) is 7.16. The Balaban J connectivity index is 1.97. The highest BCUT2D eigenvalue weighted by Crippen LogP contribution is 2.80. The predicted molar refractivity (Wildman–Crippen MR) is 130 cm³/mol. The Bertz CT molecular complexity index is 1130. The van der Waals surface area contributed by atoms with Gasteiger partial charge in [-0.25, -0.2) is 0 Å². The molecule has 0 N–H and O–H groups in total. The molecule has 29 heavy (non-hydrogen) atoms. The van der Waals surface area contributed by atoms with E-state index in [0.717, 1.165) is 8.95 Å². The van der Waals surface area contributed by atoms with Crippen LogP contribution >= 0.6 is 41.9 Å². The first-order valence-electron chi connectivity index (χ1n) is 9.56. The van der Waals surface area contributed by atoms with E-state index in [-0.39, 0.29) is 0 Å². The molecule has 4 aromatic rings. The molecule has 0 nitrogen and oxygen atoms in total. The van der Waals surface area contributed by atoms with Gasteiger partial charge in [0.25, 0.3) is 0 Å². The number of hydrogen-bond acceptors (Lipinski definition) is 0. The first kappa shape index (κ1) is 19.2. The largest absolute Gasteiger partial charge is 0.132 e. The van der Waals surface area contributed by atoms with Gasteiger partial charge in [0.2, 0.25) is 0 Å². The SMILES string of the molecule is Cc1ccc(S2(c3ccc(C)cc3)c3cc(Br)ccc3-c3ccc(Br)cc32)cc1. The van der Waals surface area contributed by atoms with Gasteiger partial charge in [-0.15, -0.1) is 10.0 Å². The number of aryl methyl sites for hydroxylation is 2. The van der Waals surface area contributed by atoms with Gasteiger partial charge in [-0.2, -0.15) is 0 Å². The van der Waals surface area contributed by atoms with Crippen LogP contribution in [0.2, 0.25) is 0 Å². The summed E-state index contributed by atoms with van der Waals surface area (Å²) in [5, 5.41) is 0. The van der Waals surface area contributed by atoms with E-state index >= 15 is 0 Å². The van der Waals surface area contributed by atoms with Crippen molar-refractivity contribution in [1.82, 2.24) is 0 Å². The maximum atomic E-state index is 3.75. The van der Waals surface area contributed by atoms with Crippen LogP contribution in [0.1, 0.15) is 11.1 Å². The number of benzene rings is 4. The number of rotatable bonds is 2. The number of fused-ring (bicyclic) bond motifs is 3. The van der Waals surface area contributed by atoms with Crippen LogP contribution in [0.15, 0.2) is 113 Å². The fourth-order valence-corrected chi connectivity index (χ4v) is 9.45. The summed E-state index contributed by atoms with van der Waals surface area (Å²) in [4.78, 5) is 5.58. The summed E-state index contributed by atoms with van der Waals surface area (Å²) >= 11 is 7.50. The van der Waals surface area contributed by atoms with Gasteiger partial charge in [-0.3, -0.25) is 0 Å². The highest BCUT2D eigenvalue weighted by molar-refractivity contribution is 9.10. The number of hydrogen-bond donors (Lipinski definition) is 0. The minimum absolute atomic E-state index is 1.12. The smallest absolute Gasteiger partial charge is 0.0186 e. The van der Waals surface area contributed by atoms with Crippen molar-refractivity contribution < 1.29 is 0 Å². The molecule has 0 aliphatic carbocycles. The molecule has 0 atom stereocenters. The quantitative estimate of drug-likeness (QED) is 0.216. The van der Waals surface area contributed by atoms with Crippen LogP contribution < -0.4 is 0 Å². The minimum atomic E-state index is -1.58. The highest BCUT2D eigenvalue weighted by atomic mass is 79.9. The Hall–Kier alpha value is -1.81. The maximum absolute atomic E-state index is 3.75. The molecule has 1 aliphatic rings. The molecular weight excluding hydrogens is 504 g/mol. The van der Waals surface area contributed by atoms with E-state index < -0.39 is 10.0 Å². The van der Waals surface area contributed by atoms with Crippen LogP contribution in [0.25, 0.3) is 11.1 Å². The van der Waals surface area contributed by atoms with Crippen molar-refractivity contribution in [2.45, 2.75) is 33.4 Å². The maximum Gasteiger partial charge on any atom is 0.0186 e. The Morgan fingerprint density at radius 2 is 0.897 bits per heavy atom. The van der Waals surface area contributed by atoms with E-state index in [9.17, 15) is 0 Å². The predicted octanol–water partition coefficient (Wildman–Crippen LogP) is 9.15. The molecular formula is C26H20Br2S. The molecule has 3 heteroatoms. The summed E-state index contributed by atoms with van der Waals surface area (Å²) in [6, 6.07) is 31.8. The molecule has 0 aromatic heterocycles. The lowest BCUT2D eigenvalue weighted by atomic mass is 10.1. The molecule has 0 spiro atoms. The second-order valence-electron chi connectivity index (χ2n) is 7.52. The average Bonchev–Trinajstić information content (AvgIpc) is 2.99. The Labute approximate surface area is 190 Å². The Kier molecular flexibility index (Phi) is 4.73. The molecule has 0 saturated carbocycles. The highest BCUT2D eigenvalue weighted by Gasteiger charge is 2.42. The fraction of sp³-hybridized carbons (Fsp3) is 0.0769. The molecule has 0 amide bonds. The summed E-state index contributed by atoms with van der Waals surface area (Å²) in [6.45, 7) is 4.31. The molecule has 144 valence electrons. The lowest BCUT2D eigenvalue weighted by Crippen LogP contribution is -2.02. The summed E-state index contributed by atoms with van der Waals surface area (Å²) in [5.74, 6) is 0. The summed E-state index contributed by atoms with van der Waals surface area (Å²) in [5.41, 5.74) is 5.25. The van der Waals surface area contributed by atoms with Crippen LogP contribution in [0, 0.1) is 13.8 Å². The van der Waals surface area contributed by atoms with Crippen LogP contribution in [-0.2, 0) is 0 Å². The third-order valence-corrected chi connectivity index (χ3v) is 10.5. The van der Waals surface area contributed by atoms with Crippen molar-refractivity contribution in [3.05, 3.63) is 105 Å². The van der Waals surface area contributed by atoms with Gasteiger partial charge in [0, 0.05) is 28.5 Å². The topological polar surface area (TPSA) is 0 Å². The lowest BCUT2D eigenvalue weighted by molar-refractivity contribution is 1.26. The summed E-state index contributed by atoms with van der Waals surface area (Å²) in [7, 11) is -1.58. The lowest BCUT2D eigenvalue weighted by Gasteiger charge is -2.39. The Morgan fingerprint density at radius 3 is 1.28 bits per heavy atom. The second-order valence-corrected chi connectivity index (χ2v) is 12.4. The molecule has 1 heterocycles. The van der Waals surface area contributed by atoms with E-state index in [1.807, 2.05) is 0 Å². The van der Waals surface area contributed by atoms with Gasteiger partial charge in [-0.05, 0) is 73.5 Å². The number of halogens is 2. The van der Waals surface area contributed by atoms with Gasteiger partial charge in [-0.1, -0.05) is 79.4 Å².